The lowest BCUT2D eigenvalue weighted by molar-refractivity contribution is -0.137. The predicted molar refractivity (Wildman–Crippen MR) is 172 cm³/mol. The fourth-order valence-corrected chi connectivity index (χ4v) is 5.45. The van der Waals surface area contributed by atoms with E-state index in [1.165, 1.54) is 12.4 Å². The lowest BCUT2D eigenvalue weighted by atomic mass is 10.0. The summed E-state index contributed by atoms with van der Waals surface area (Å²) in [7, 11) is 3.40. The summed E-state index contributed by atoms with van der Waals surface area (Å²) in [4.78, 5) is 26.1. The molecule has 1 aliphatic rings. The summed E-state index contributed by atoms with van der Waals surface area (Å²) in [5, 5.41) is 13.7. The minimum atomic E-state index is -4.62. The summed E-state index contributed by atoms with van der Waals surface area (Å²) < 4.78 is 48.8. The van der Waals surface area contributed by atoms with Gasteiger partial charge in [-0.15, -0.1) is 0 Å². The first kappa shape index (κ1) is 32.7. The fraction of sp³-hybridized carbons (Fsp3) is 0.375. The third-order valence-corrected chi connectivity index (χ3v) is 7.88. The Morgan fingerprint density at radius 2 is 1.87 bits per heavy atom. The summed E-state index contributed by atoms with van der Waals surface area (Å²) in [6.45, 7) is 8.94. The molecule has 5 rings (SSSR count). The highest BCUT2D eigenvalue weighted by molar-refractivity contribution is 6.05. The van der Waals surface area contributed by atoms with Crippen LogP contribution in [0.5, 0.6) is 0 Å². The molecule has 2 aromatic heterocycles. The molecule has 0 radical (unpaired) electrons. The van der Waals surface area contributed by atoms with Crippen molar-refractivity contribution in [2.45, 2.75) is 33.0 Å². The number of nitrogens with one attached hydrogen (secondary N) is 3. The molecule has 0 unspecified atom stereocenters. The number of carbonyl (C=O) groups is 1. The first-order valence-corrected chi connectivity index (χ1v) is 14.9. The van der Waals surface area contributed by atoms with Gasteiger partial charge in [-0.2, -0.15) is 23.0 Å². The molecule has 0 spiro atoms. The summed E-state index contributed by atoms with van der Waals surface area (Å²) in [5.74, 6) is 1.16. The van der Waals surface area contributed by atoms with Gasteiger partial charge in [-0.05, 0) is 56.7 Å². The van der Waals surface area contributed by atoms with Crippen molar-refractivity contribution < 1.29 is 22.7 Å². The molecular weight excluding hydrogens is 599 g/mol. The minimum Gasteiger partial charge on any atom is -0.383 e. The van der Waals surface area contributed by atoms with E-state index >= 15 is 0 Å². The molecule has 3 N–H and O–H groups in total. The highest BCUT2D eigenvalue weighted by Crippen LogP contribution is 2.35. The van der Waals surface area contributed by atoms with Crippen LogP contribution in [0.4, 0.5) is 41.9 Å². The van der Waals surface area contributed by atoms with Gasteiger partial charge in [0.15, 0.2) is 5.82 Å². The van der Waals surface area contributed by atoms with Gasteiger partial charge in [0.25, 0.3) is 5.91 Å². The zero-order valence-electron chi connectivity index (χ0n) is 26.4. The molecule has 2 aromatic carbocycles. The predicted octanol–water partition coefficient (Wildman–Crippen LogP) is 5.49. The number of rotatable bonds is 10. The van der Waals surface area contributed by atoms with Crippen LogP contribution in [-0.4, -0.2) is 83.5 Å². The van der Waals surface area contributed by atoms with E-state index < -0.39 is 17.6 Å². The van der Waals surface area contributed by atoms with Crippen molar-refractivity contribution >= 4 is 34.6 Å². The number of nitrogens with zero attached hydrogens (tertiary/aromatic N) is 6. The monoisotopic (exact) mass is 637 g/mol. The highest BCUT2D eigenvalue weighted by Gasteiger charge is 2.33. The zero-order valence-corrected chi connectivity index (χ0v) is 26.4. The molecule has 244 valence electrons. The Balaban J connectivity index is 1.38. The van der Waals surface area contributed by atoms with Gasteiger partial charge >= 0.3 is 6.18 Å². The number of alkyl halides is 3. The van der Waals surface area contributed by atoms with Gasteiger partial charge < -0.3 is 25.6 Å². The second-order valence-electron chi connectivity index (χ2n) is 11.3. The normalized spacial score (nSPS) is 15.6. The van der Waals surface area contributed by atoms with Gasteiger partial charge in [0, 0.05) is 81.1 Å². The average molecular weight is 638 g/mol. The Labute approximate surface area is 265 Å². The number of carbonyl (C=O) groups excluding carboxylic acids is 1. The number of halogens is 3. The first-order chi connectivity index (χ1) is 21.9. The molecule has 0 bridgehead atoms. The fourth-order valence-electron chi connectivity index (χ4n) is 5.45. The molecule has 4 aromatic rings. The molecule has 0 aliphatic carbocycles. The molecule has 14 heteroatoms. The van der Waals surface area contributed by atoms with Crippen LogP contribution in [0.2, 0.25) is 0 Å². The van der Waals surface area contributed by atoms with E-state index in [1.807, 2.05) is 37.8 Å². The second-order valence-corrected chi connectivity index (χ2v) is 11.3. The second kappa shape index (κ2) is 13.7. The van der Waals surface area contributed by atoms with E-state index in [0.29, 0.717) is 60.8 Å². The third-order valence-electron chi connectivity index (χ3n) is 7.88. The summed E-state index contributed by atoms with van der Waals surface area (Å²) in [6.07, 6.45) is -3.18. The van der Waals surface area contributed by atoms with Gasteiger partial charge in [-0.3, -0.25) is 9.69 Å². The van der Waals surface area contributed by atoms with Crippen LogP contribution in [0.3, 0.4) is 0 Å². The molecule has 11 nitrogen and oxygen atoms in total. The number of piperazine rings is 1. The number of benzene rings is 2. The van der Waals surface area contributed by atoms with Crippen molar-refractivity contribution in [3.63, 3.8) is 0 Å². The van der Waals surface area contributed by atoms with Crippen molar-refractivity contribution in [1.82, 2.24) is 24.6 Å². The quantitative estimate of drug-likeness (QED) is 0.208. The van der Waals surface area contributed by atoms with Gasteiger partial charge in [0.1, 0.15) is 18.0 Å². The number of aromatic nitrogens is 4. The molecule has 1 amide bonds. The van der Waals surface area contributed by atoms with Crippen molar-refractivity contribution in [2.75, 3.05) is 67.8 Å². The maximum Gasteiger partial charge on any atom is 0.416 e. The zero-order chi connectivity index (χ0) is 33.0. The number of hydrogen-bond acceptors (Lipinski definition) is 9. The standard InChI is InChI=1S/C32H38F3N9O2/c1-20-6-7-25(16-27(20)40-30-12-21(2)41-44(30)29-17-28(36-4)37-19-38-29)39-31(45)23-13-24(32(33,34)35)15-26(14-23)43-9-8-42(10-11-46-5)18-22(43)3/h6-7,12-17,19,22,40H,8-11,18H2,1-5H3,(H,39,45)(H,36,37,38)/t22-/m0/s1. The molecule has 3 heterocycles. The van der Waals surface area contributed by atoms with Crippen LogP contribution >= 0.6 is 0 Å². The molecular formula is C32H38F3N9O2. The van der Waals surface area contributed by atoms with Crippen LogP contribution in [0.1, 0.15) is 34.1 Å². The number of amides is 1. The van der Waals surface area contributed by atoms with Crippen molar-refractivity contribution in [2.24, 2.45) is 0 Å². The smallest absolute Gasteiger partial charge is 0.383 e. The molecule has 1 saturated heterocycles. The Morgan fingerprint density at radius 3 is 2.59 bits per heavy atom. The maximum atomic E-state index is 14.0. The van der Waals surface area contributed by atoms with Gasteiger partial charge in [0.2, 0.25) is 0 Å². The SMILES string of the molecule is CNc1cc(-n2nc(C)cc2Nc2cc(NC(=O)c3cc(N4CCN(CCOC)C[C@@H]4C)cc(C(F)(F)F)c3)ccc2C)ncn1. The van der Waals surface area contributed by atoms with Crippen LogP contribution in [0.15, 0.2) is 54.9 Å². The van der Waals surface area contributed by atoms with E-state index in [2.05, 4.69) is 35.9 Å². The summed E-state index contributed by atoms with van der Waals surface area (Å²) >= 11 is 0. The molecule has 46 heavy (non-hydrogen) atoms. The molecule has 1 fully saturated rings. The maximum absolute atomic E-state index is 14.0. The van der Waals surface area contributed by atoms with Crippen molar-refractivity contribution in [3.8, 4) is 5.82 Å². The number of methoxy groups -OCH3 is 1. The number of hydrogen-bond donors (Lipinski definition) is 3. The number of ether oxygens (including phenoxy) is 1. The van der Waals surface area contributed by atoms with Crippen LogP contribution in [-0.2, 0) is 10.9 Å². The lowest BCUT2D eigenvalue weighted by Gasteiger charge is -2.41. The first-order valence-electron chi connectivity index (χ1n) is 14.9. The molecule has 1 aliphatic heterocycles. The van der Waals surface area contributed by atoms with E-state index in [1.54, 1.807) is 37.0 Å². The Bertz CT molecular complexity index is 1690. The van der Waals surface area contributed by atoms with Crippen molar-refractivity contribution in [1.29, 1.82) is 0 Å². The number of aryl methyl sites for hydroxylation is 2. The molecule has 1 atom stereocenters. The van der Waals surface area contributed by atoms with E-state index in [9.17, 15) is 18.0 Å². The summed E-state index contributed by atoms with van der Waals surface area (Å²) in [6, 6.07) is 12.4. The average Bonchev–Trinajstić information content (AvgIpc) is 3.40. The van der Waals surface area contributed by atoms with Crippen LogP contribution in [0.25, 0.3) is 5.82 Å². The van der Waals surface area contributed by atoms with Crippen LogP contribution in [0, 0.1) is 13.8 Å². The Kier molecular flexibility index (Phi) is 9.77. The van der Waals surface area contributed by atoms with E-state index in [0.717, 1.165) is 29.9 Å². The van der Waals surface area contributed by atoms with Gasteiger partial charge in [0.05, 0.1) is 17.9 Å². The minimum absolute atomic E-state index is 0.0556. The van der Waals surface area contributed by atoms with E-state index in [4.69, 9.17) is 4.74 Å². The van der Waals surface area contributed by atoms with E-state index in [-0.39, 0.29) is 11.6 Å². The molecule has 0 saturated carbocycles. The van der Waals surface area contributed by atoms with Gasteiger partial charge in [-0.1, -0.05) is 6.07 Å². The lowest BCUT2D eigenvalue weighted by Crippen LogP contribution is -2.52. The topological polar surface area (TPSA) is 112 Å². The summed E-state index contributed by atoms with van der Waals surface area (Å²) in [5.41, 5.74) is 2.13. The Hall–Kier alpha value is -4.69. The third kappa shape index (κ3) is 7.57. The van der Waals surface area contributed by atoms with Crippen LogP contribution < -0.4 is 20.9 Å². The Morgan fingerprint density at radius 1 is 1.07 bits per heavy atom. The highest BCUT2D eigenvalue weighted by atomic mass is 19.4. The number of anilines is 5. The van der Waals surface area contributed by atoms with Gasteiger partial charge in [-0.25, -0.2) is 9.97 Å². The van der Waals surface area contributed by atoms with Crippen molar-refractivity contribution in [3.05, 3.63) is 77.2 Å². The largest absolute Gasteiger partial charge is 0.416 e.